The number of halogens is 2. The number of hydrogen-bond donors (Lipinski definition) is 2. The number of benzene rings is 3. The van der Waals surface area contributed by atoms with Crippen LogP contribution in [0, 0.1) is 5.92 Å². The molecule has 0 radical (unpaired) electrons. The minimum atomic E-state index is -1.98. The molecule has 5 rings (SSSR count). The summed E-state index contributed by atoms with van der Waals surface area (Å²) in [6.07, 6.45) is 0. The van der Waals surface area contributed by atoms with E-state index in [2.05, 4.69) is 31.9 Å². The molecular weight excluding hydrogens is 544 g/mol. The molecule has 2 aliphatic rings. The molecule has 0 saturated heterocycles. The van der Waals surface area contributed by atoms with Gasteiger partial charge in [-0.1, -0.05) is 80.4 Å². The van der Waals surface area contributed by atoms with Crippen LogP contribution in [0.15, 0.2) is 86.6 Å². The summed E-state index contributed by atoms with van der Waals surface area (Å²) in [5.41, 5.74) is -0.105. The average Bonchev–Trinajstić information content (AvgIpc) is 3.12. The highest BCUT2D eigenvalue weighted by molar-refractivity contribution is 9.10. The molecule has 1 aliphatic carbocycles. The van der Waals surface area contributed by atoms with Crippen LogP contribution in [-0.2, 0) is 19.9 Å². The van der Waals surface area contributed by atoms with Crippen LogP contribution >= 0.6 is 43.6 Å². The fourth-order valence-electron chi connectivity index (χ4n) is 5.03. The van der Waals surface area contributed by atoms with E-state index in [1.807, 2.05) is 60.7 Å². The van der Waals surface area contributed by atoms with Gasteiger partial charge in [0.15, 0.2) is 11.4 Å². The molecule has 2 N–H and O–H groups in total. The monoisotopic (exact) mass is 558 g/mol. The van der Waals surface area contributed by atoms with E-state index in [9.17, 15) is 19.8 Å². The van der Waals surface area contributed by atoms with E-state index >= 15 is 0 Å². The van der Waals surface area contributed by atoms with Gasteiger partial charge in [0.05, 0.1) is 4.75 Å². The van der Waals surface area contributed by atoms with E-state index in [4.69, 9.17) is 0 Å². The number of carbonyl (C=O) groups is 2. The number of Topliss-reactive ketones (excluding diaryl/α,β-unsaturated/α-hetero) is 1. The largest absolute Gasteiger partial charge is 0.481 e. The molecule has 0 bridgehead atoms. The van der Waals surface area contributed by atoms with Crippen molar-refractivity contribution in [2.45, 2.75) is 21.2 Å². The number of rotatable bonds is 3. The second-order valence-corrected chi connectivity index (χ2v) is 10.9. The second kappa shape index (κ2) is 7.30. The Morgan fingerprint density at radius 1 is 0.935 bits per heavy atom. The molecule has 7 heteroatoms. The maximum atomic E-state index is 13.8. The van der Waals surface area contributed by atoms with E-state index in [0.717, 1.165) is 13.8 Å². The first-order chi connectivity index (χ1) is 14.8. The van der Waals surface area contributed by atoms with Gasteiger partial charge in [-0.05, 0) is 35.4 Å². The molecule has 0 unspecified atom stereocenters. The van der Waals surface area contributed by atoms with Crippen LogP contribution in [0.25, 0.3) is 0 Å². The summed E-state index contributed by atoms with van der Waals surface area (Å²) in [4.78, 5) is 26.9. The lowest BCUT2D eigenvalue weighted by Gasteiger charge is -2.39. The first-order valence-corrected chi connectivity index (χ1v) is 12.0. The third kappa shape index (κ3) is 2.76. The second-order valence-electron chi connectivity index (χ2n) is 7.76. The summed E-state index contributed by atoms with van der Waals surface area (Å²) in [5.74, 6) is -4.04. The Kier molecular flexibility index (Phi) is 4.93. The Labute approximate surface area is 199 Å². The van der Waals surface area contributed by atoms with Gasteiger partial charge in [-0.3, -0.25) is 9.59 Å². The number of hydrogen-bond acceptors (Lipinski definition) is 4. The van der Waals surface area contributed by atoms with Crippen LogP contribution in [0.5, 0.6) is 0 Å². The van der Waals surface area contributed by atoms with Crippen molar-refractivity contribution < 1.29 is 19.8 Å². The maximum Gasteiger partial charge on any atom is 0.314 e. The topological polar surface area (TPSA) is 74.6 Å². The van der Waals surface area contributed by atoms with Gasteiger partial charge < -0.3 is 10.2 Å². The summed E-state index contributed by atoms with van der Waals surface area (Å²) in [5, 5.41) is 22.3. The summed E-state index contributed by atoms with van der Waals surface area (Å²) in [6.45, 7) is 0. The van der Waals surface area contributed by atoms with Crippen molar-refractivity contribution in [3.63, 3.8) is 0 Å². The number of ketones is 1. The molecule has 31 heavy (non-hydrogen) atoms. The Balaban J connectivity index is 1.88. The standard InChI is InChI=1S/C24H16Br2O4S/c25-15-8-6-14(7-9-15)24-20(13-4-2-1-3-5-13)19(22(28)29)21(27)23(24,30)17-11-10-16(26)12-18(17)31-24/h1-12,19-20,30H,(H,28,29)/t19-,20-,23+,24+/m1/s1. The molecule has 1 saturated carbocycles. The molecule has 1 heterocycles. The molecule has 3 aromatic rings. The van der Waals surface area contributed by atoms with E-state index in [1.165, 1.54) is 11.8 Å². The van der Waals surface area contributed by atoms with Crippen LogP contribution in [0.4, 0.5) is 0 Å². The highest BCUT2D eigenvalue weighted by Crippen LogP contribution is 2.73. The predicted molar refractivity (Wildman–Crippen MR) is 125 cm³/mol. The van der Waals surface area contributed by atoms with Crippen molar-refractivity contribution >= 4 is 55.4 Å². The van der Waals surface area contributed by atoms with Crippen LogP contribution in [-0.4, -0.2) is 22.0 Å². The van der Waals surface area contributed by atoms with Crippen LogP contribution in [0.1, 0.15) is 22.6 Å². The van der Waals surface area contributed by atoms with Crippen LogP contribution < -0.4 is 0 Å². The predicted octanol–water partition coefficient (Wildman–Crippen LogP) is 5.47. The molecule has 4 atom stereocenters. The number of aliphatic carboxylic acids is 1. The molecule has 1 aliphatic heterocycles. The van der Waals surface area contributed by atoms with Gasteiger partial charge in [0.2, 0.25) is 0 Å². The van der Waals surface area contributed by atoms with Gasteiger partial charge in [0.25, 0.3) is 0 Å². The van der Waals surface area contributed by atoms with Crippen molar-refractivity contribution in [3.8, 4) is 0 Å². The summed E-state index contributed by atoms with van der Waals surface area (Å²) in [6, 6.07) is 22.0. The molecular formula is C24H16Br2O4S. The van der Waals surface area contributed by atoms with Gasteiger partial charge in [-0.15, -0.1) is 11.8 Å². The number of carbonyl (C=O) groups excluding carboxylic acids is 1. The van der Waals surface area contributed by atoms with E-state index in [1.54, 1.807) is 12.1 Å². The smallest absolute Gasteiger partial charge is 0.314 e. The summed E-state index contributed by atoms with van der Waals surface area (Å²) >= 11 is 8.30. The number of thioether (sulfide) groups is 1. The molecule has 0 amide bonds. The Hall–Kier alpha value is -1.93. The molecule has 0 aromatic heterocycles. The third-order valence-electron chi connectivity index (χ3n) is 6.25. The minimum absolute atomic E-state index is 0.457. The highest BCUT2D eigenvalue weighted by Gasteiger charge is 2.76. The zero-order valence-corrected chi connectivity index (χ0v) is 19.9. The normalized spacial score (nSPS) is 28.9. The summed E-state index contributed by atoms with van der Waals surface area (Å²) in [7, 11) is 0. The van der Waals surface area contributed by atoms with Gasteiger partial charge >= 0.3 is 5.97 Å². The maximum absolute atomic E-state index is 13.8. The van der Waals surface area contributed by atoms with Crippen molar-refractivity contribution in [2.24, 2.45) is 5.92 Å². The molecule has 4 nitrogen and oxygen atoms in total. The van der Waals surface area contributed by atoms with Crippen molar-refractivity contribution in [2.75, 3.05) is 0 Å². The Bertz CT molecular complexity index is 1210. The number of carboxylic acids is 1. The van der Waals surface area contributed by atoms with Crippen LogP contribution in [0.3, 0.4) is 0 Å². The van der Waals surface area contributed by atoms with Crippen molar-refractivity contribution in [1.82, 2.24) is 0 Å². The highest BCUT2D eigenvalue weighted by atomic mass is 79.9. The first kappa shape index (κ1) is 20.9. The van der Waals surface area contributed by atoms with Gasteiger partial charge in [0.1, 0.15) is 5.92 Å². The van der Waals surface area contributed by atoms with E-state index in [0.29, 0.717) is 16.7 Å². The molecule has 156 valence electrons. The number of carboxylic acid groups (broad SMARTS) is 1. The zero-order valence-electron chi connectivity index (χ0n) is 16.0. The van der Waals surface area contributed by atoms with Gasteiger partial charge in [-0.25, -0.2) is 0 Å². The lowest BCUT2D eigenvalue weighted by atomic mass is 9.73. The molecule has 3 aromatic carbocycles. The molecule has 1 fully saturated rings. The number of fused-ring (bicyclic) bond motifs is 3. The van der Waals surface area contributed by atoms with Gasteiger partial charge in [0, 0.05) is 25.3 Å². The fourth-order valence-corrected chi connectivity index (χ4v) is 7.68. The lowest BCUT2D eigenvalue weighted by Crippen LogP contribution is -2.45. The van der Waals surface area contributed by atoms with Gasteiger partial charge in [-0.2, -0.15) is 0 Å². The minimum Gasteiger partial charge on any atom is -0.481 e. The summed E-state index contributed by atoms with van der Waals surface area (Å²) < 4.78 is 0.458. The Morgan fingerprint density at radius 2 is 1.58 bits per heavy atom. The van der Waals surface area contributed by atoms with Crippen molar-refractivity contribution in [3.05, 3.63) is 98.4 Å². The molecule has 0 spiro atoms. The first-order valence-electron chi connectivity index (χ1n) is 9.60. The SMILES string of the molecule is O=C(O)[C@H]1C(=O)[C@@]2(O)c3ccc(Br)cc3S[C@@]2(c2ccc(Br)cc2)[C@@H]1c1ccccc1. The Morgan fingerprint density at radius 3 is 2.23 bits per heavy atom. The third-order valence-corrected chi connectivity index (χ3v) is 8.94. The van der Waals surface area contributed by atoms with Crippen LogP contribution in [0.2, 0.25) is 0 Å². The van der Waals surface area contributed by atoms with E-state index in [-0.39, 0.29) is 0 Å². The average molecular weight is 560 g/mol. The zero-order chi connectivity index (χ0) is 22.0. The fraction of sp³-hybridized carbons (Fsp3) is 0.167. The van der Waals surface area contributed by atoms with E-state index < -0.39 is 33.9 Å². The lowest BCUT2D eigenvalue weighted by molar-refractivity contribution is -0.150. The van der Waals surface area contributed by atoms with Crippen molar-refractivity contribution in [1.29, 1.82) is 0 Å². The quantitative estimate of drug-likeness (QED) is 0.416. The number of aliphatic hydroxyl groups is 1.